The highest BCUT2D eigenvalue weighted by Gasteiger charge is 2.32. The van der Waals surface area contributed by atoms with Crippen molar-refractivity contribution in [1.29, 1.82) is 0 Å². The van der Waals surface area contributed by atoms with Crippen LogP contribution in [0.4, 0.5) is 11.4 Å². The molecule has 1 aliphatic rings. The number of hydrogen-bond acceptors (Lipinski definition) is 5. The molecule has 2 atom stereocenters. The van der Waals surface area contributed by atoms with E-state index >= 15 is 0 Å². The van der Waals surface area contributed by atoms with E-state index in [2.05, 4.69) is 5.32 Å². The number of benzene rings is 2. The third-order valence-corrected chi connectivity index (χ3v) is 4.34. The van der Waals surface area contributed by atoms with E-state index in [-0.39, 0.29) is 12.5 Å². The van der Waals surface area contributed by atoms with Crippen LogP contribution >= 0.6 is 0 Å². The second-order valence-corrected chi connectivity index (χ2v) is 6.64. The van der Waals surface area contributed by atoms with Crippen molar-refractivity contribution < 1.29 is 23.9 Å². The number of amides is 2. The van der Waals surface area contributed by atoms with Crippen LogP contribution in [0.1, 0.15) is 19.4 Å². The monoisotopic (exact) mass is 382 g/mol. The van der Waals surface area contributed by atoms with Gasteiger partial charge in [0.05, 0.1) is 11.4 Å². The fourth-order valence-corrected chi connectivity index (χ4v) is 2.84. The Hall–Kier alpha value is -3.35. The van der Waals surface area contributed by atoms with Crippen LogP contribution in [-0.2, 0) is 19.1 Å². The minimum atomic E-state index is -1.06. The maximum Gasteiger partial charge on any atom is 0.347 e. The van der Waals surface area contributed by atoms with Gasteiger partial charge in [0, 0.05) is 0 Å². The fraction of sp³-hybridized carbons (Fsp3) is 0.286. The van der Waals surface area contributed by atoms with Crippen LogP contribution in [0.5, 0.6) is 5.75 Å². The summed E-state index contributed by atoms with van der Waals surface area (Å²) in [4.78, 5) is 38.3. The van der Waals surface area contributed by atoms with Crippen LogP contribution in [0.2, 0.25) is 0 Å². The molecule has 3 rings (SSSR count). The van der Waals surface area contributed by atoms with E-state index in [9.17, 15) is 14.4 Å². The summed E-state index contributed by atoms with van der Waals surface area (Å²) >= 11 is 0. The zero-order chi connectivity index (χ0) is 20.3. The summed E-state index contributed by atoms with van der Waals surface area (Å²) in [6.45, 7) is 4.86. The van der Waals surface area contributed by atoms with Gasteiger partial charge in [-0.15, -0.1) is 0 Å². The summed E-state index contributed by atoms with van der Waals surface area (Å²) in [5, 5.41) is 2.71. The molecule has 1 aliphatic heterocycles. The first-order chi connectivity index (χ1) is 13.3. The topological polar surface area (TPSA) is 84.9 Å². The van der Waals surface area contributed by atoms with Gasteiger partial charge in [0.1, 0.15) is 12.3 Å². The molecule has 0 aliphatic carbocycles. The lowest BCUT2D eigenvalue weighted by molar-refractivity contribution is -0.160. The Balaban J connectivity index is 1.64. The van der Waals surface area contributed by atoms with Crippen molar-refractivity contribution in [2.75, 3.05) is 16.8 Å². The molecule has 0 saturated heterocycles. The van der Waals surface area contributed by atoms with Crippen LogP contribution in [-0.4, -0.2) is 36.5 Å². The molecule has 0 saturated carbocycles. The van der Waals surface area contributed by atoms with Crippen LogP contribution in [0.15, 0.2) is 48.5 Å². The van der Waals surface area contributed by atoms with Gasteiger partial charge in [0.15, 0.2) is 12.2 Å². The van der Waals surface area contributed by atoms with Crippen molar-refractivity contribution >= 4 is 29.2 Å². The molecule has 146 valence electrons. The fourth-order valence-electron chi connectivity index (χ4n) is 2.84. The van der Waals surface area contributed by atoms with Crippen LogP contribution in [0, 0.1) is 6.92 Å². The van der Waals surface area contributed by atoms with Crippen LogP contribution in [0.25, 0.3) is 0 Å². The Kier molecular flexibility index (Phi) is 5.63. The number of aryl methyl sites for hydroxylation is 1. The molecular formula is C21H22N2O5. The number of nitrogens with one attached hydrogen (secondary N) is 1. The number of nitrogens with zero attached hydrogens (tertiary/aromatic N) is 1. The normalized spacial score (nSPS) is 15.1. The molecule has 2 aromatic carbocycles. The molecule has 7 heteroatoms. The summed E-state index contributed by atoms with van der Waals surface area (Å²) in [5.74, 6) is -0.897. The number of carbonyl (C=O) groups is 3. The Morgan fingerprint density at radius 3 is 2.43 bits per heavy atom. The van der Waals surface area contributed by atoms with E-state index in [4.69, 9.17) is 9.47 Å². The molecule has 1 N–H and O–H groups in total. The Bertz CT molecular complexity index is 894. The van der Waals surface area contributed by atoms with Gasteiger partial charge in [-0.05, 0) is 45.0 Å². The summed E-state index contributed by atoms with van der Waals surface area (Å²) in [5.41, 5.74) is 2.19. The number of ether oxygens (including phenoxy) is 2. The van der Waals surface area contributed by atoms with Gasteiger partial charge in [-0.2, -0.15) is 0 Å². The molecular weight excluding hydrogens is 360 g/mol. The third-order valence-electron chi connectivity index (χ3n) is 4.34. The first-order valence-electron chi connectivity index (χ1n) is 8.99. The summed E-state index contributed by atoms with van der Waals surface area (Å²) in [7, 11) is 0. The number of esters is 1. The van der Waals surface area contributed by atoms with Crippen molar-refractivity contribution in [2.24, 2.45) is 0 Å². The second kappa shape index (κ2) is 8.12. The molecule has 0 fully saturated rings. The minimum absolute atomic E-state index is 0.132. The molecule has 28 heavy (non-hydrogen) atoms. The highest BCUT2D eigenvalue weighted by atomic mass is 16.6. The average Bonchev–Trinajstić information content (AvgIpc) is 2.68. The van der Waals surface area contributed by atoms with E-state index in [0.717, 1.165) is 5.56 Å². The highest BCUT2D eigenvalue weighted by Crippen LogP contribution is 2.29. The summed E-state index contributed by atoms with van der Waals surface area (Å²) in [6, 6.07) is 14.2. The molecule has 0 radical (unpaired) electrons. The van der Waals surface area contributed by atoms with Crippen molar-refractivity contribution in [2.45, 2.75) is 33.0 Å². The van der Waals surface area contributed by atoms with E-state index in [0.29, 0.717) is 17.1 Å². The van der Waals surface area contributed by atoms with E-state index < -0.39 is 24.1 Å². The Labute approximate surface area is 163 Å². The summed E-state index contributed by atoms with van der Waals surface area (Å²) in [6.07, 6.45) is -1.94. The van der Waals surface area contributed by atoms with E-state index in [1.807, 2.05) is 19.1 Å². The van der Waals surface area contributed by atoms with Crippen molar-refractivity contribution in [3.63, 3.8) is 0 Å². The molecule has 2 aromatic rings. The predicted octanol–water partition coefficient (Wildman–Crippen LogP) is 2.68. The van der Waals surface area contributed by atoms with Gasteiger partial charge >= 0.3 is 5.97 Å². The van der Waals surface area contributed by atoms with Gasteiger partial charge in [-0.1, -0.05) is 29.8 Å². The number of anilines is 2. The lowest BCUT2D eigenvalue weighted by Crippen LogP contribution is -2.47. The number of fused-ring (bicyclic) bond motifs is 1. The number of carbonyl (C=O) groups excluding carboxylic acids is 3. The zero-order valence-corrected chi connectivity index (χ0v) is 16.0. The quantitative estimate of drug-likeness (QED) is 0.804. The molecule has 2 unspecified atom stereocenters. The standard InChI is InChI=1S/C21H22N2O5/c1-13-8-10-16(11-9-13)27-15(3)21(26)28-14(2)20(25)23-12-19(24)22-17-6-4-5-7-18(17)23/h4-11,14-15H,12H2,1-3H3,(H,22,24). The first kappa shape index (κ1) is 19.4. The molecule has 2 amide bonds. The van der Waals surface area contributed by atoms with Gasteiger partial charge in [0.2, 0.25) is 5.91 Å². The number of hydrogen-bond donors (Lipinski definition) is 1. The van der Waals surface area contributed by atoms with Crippen molar-refractivity contribution in [3.8, 4) is 5.75 Å². The lowest BCUT2D eigenvalue weighted by atomic mass is 10.1. The van der Waals surface area contributed by atoms with Crippen molar-refractivity contribution in [1.82, 2.24) is 0 Å². The van der Waals surface area contributed by atoms with E-state index in [1.165, 1.54) is 11.8 Å². The first-order valence-corrected chi connectivity index (χ1v) is 8.99. The zero-order valence-electron chi connectivity index (χ0n) is 16.0. The number of rotatable bonds is 5. The maximum atomic E-state index is 12.8. The Morgan fingerprint density at radius 1 is 1.04 bits per heavy atom. The van der Waals surface area contributed by atoms with Crippen molar-refractivity contribution in [3.05, 3.63) is 54.1 Å². The maximum absolute atomic E-state index is 12.8. The van der Waals surface area contributed by atoms with Gasteiger partial charge < -0.3 is 14.8 Å². The molecule has 1 heterocycles. The third kappa shape index (κ3) is 4.31. The van der Waals surface area contributed by atoms with E-state index in [1.54, 1.807) is 43.3 Å². The number of para-hydroxylation sites is 2. The summed E-state index contributed by atoms with van der Waals surface area (Å²) < 4.78 is 10.9. The Morgan fingerprint density at radius 2 is 1.71 bits per heavy atom. The smallest absolute Gasteiger partial charge is 0.347 e. The van der Waals surface area contributed by atoms with Crippen LogP contribution < -0.4 is 15.0 Å². The predicted molar refractivity (Wildman–Crippen MR) is 104 cm³/mol. The molecule has 7 nitrogen and oxygen atoms in total. The average molecular weight is 382 g/mol. The lowest BCUT2D eigenvalue weighted by Gasteiger charge is -2.31. The highest BCUT2D eigenvalue weighted by molar-refractivity contribution is 6.11. The molecule has 0 spiro atoms. The van der Waals surface area contributed by atoms with Gasteiger partial charge in [-0.3, -0.25) is 14.5 Å². The largest absolute Gasteiger partial charge is 0.479 e. The van der Waals surface area contributed by atoms with Gasteiger partial charge in [0.25, 0.3) is 5.91 Å². The molecule has 0 bridgehead atoms. The second-order valence-electron chi connectivity index (χ2n) is 6.64. The molecule has 0 aromatic heterocycles. The SMILES string of the molecule is Cc1ccc(OC(C)C(=O)OC(C)C(=O)N2CC(=O)Nc3ccccc32)cc1. The van der Waals surface area contributed by atoms with Gasteiger partial charge in [-0.25, -0.2) is 4.79 Å². The van der Waals surface area contributed by atoms with Crippen LogP contribution in [0.3, 0.4) is 0 Å². The minimum Gasteiger partial charge on any atom is -0.479 e.